The molecule has 8 heteroatoms. The molecule has 1 N–H and O–H groups in total. The third kappa shape index (κ3) is 3.66. The summed E-state index contributed by atoms with van der Waals surface area (Å²) in [4.78, 5) is 29.7. The molecule has 2 atom stereocenters. The molecule has 0 saturated carbocycles. The van der Waals surface area contributed by atoms with Crippen LogP contribution in [-0.2, 0) is 14.3 Å². The summed E-state index contributed by atoms with van der Waals surface area (Å²) in [6, 6.07) is 1.71. The van der Waals surface area contributed by atoms with Gasteiger partial charge in [-0.1, -0.05) is 0 Å². The van der Waals surface area contributed by atoms with Crippen molar-refractivity contribution in [2.75, 3.05) is 18.6 Å². The number of hydrogen-bond acceptors (Lipinski definition) is 6. The monoisotopic (exact) mass is 351 g/mol. The summed E-state index contributed by atoms with van der Waals surface area (Å²) in [5, 5.41) is 2.30. The zero-order chi connectivity index (χ0) is 17.1. The van der Waals surface area contributed by atoms with E-state index in [0.717, 1.165) is 25.9 Å². The topological polar surface area (TPSA) is 82.5 Å². The highest BCUT2D eigenvalue weighted by molar-refractivity contribution is 7.16. The molecular formula is C16H21N3O4S. The van der Waals surface area contributed by atoms with E-state index in [1.807, 2.05) is 0 Å². The van der Waals surface area contributed by atoms with Gasteiger partial charge >= 0.3 is 0 Å². The summed E-state index contributed by atoms with van der Waals surface area (Å²) in [5.74, 6) is 0.0542. The van der Waals surface area contributed by atoms with Crippen molar-refractivity contribution in [1.82, 2.24) is 9.66 Å². The first kappa shape index (κ1) is 17.1. The van der Waals surface area contributed by atoms with Crippen LogP contribution in [-0.4, -0.2) is 41.0 Å². The molecule has 0 aliphatic carbocycles. The van der Waals surface area contributed by atoms with Crippen LogP contribution in [0.1, 0.15) is 32.0 Å². The highest BCUT2D eigenvalue weighted by Gasteiger charge is 2.20. The van der Waals surface area contributed by atoms with E-state index < -0.39 is 6.10 Å². The summed E-state index contributed by atoms with van der Waals surface area (Å²) >= 11 is 1.40. The number of amides is 1. The third-order valence-corrected chi connectivity index (χ3v) is 4.87. The second kappa shape index (κ2) is 7.42. The van der Waals surface area contributed by atoms with Crippen LogP contribution in [0, 0.1) is 6.92 Å². The van der Waals surface area contributed by atoms with E-state index in [-0.39, 0.29) is 17.6 Å². The Morgan fingerprint density at radius 2 is 2.42 bits per heavy atom. The molecule has 0 radical (unpaired) electrons. The molecule has 0 aromatic carbocycles. The fourth-order valence-electron chi connectivity index (χ4n) is 2.61. The fourth-order valence-corrected chi connectivity index (χ4v) is 3.41. The van der Waals surface area contributed by atoms with E-state index >= 15 is 0 Å². The van der Waals surface area contributed by atoms with Gasteiger partial charge in [0.25, 0.3) is 11.5 Å². The predicted molar refractivity (Wildman–Crippen MR) is 92.0 cm³/mol. The lowest BCUT2D eigenvalue weighted by atomic mass is 10.1. The molecule has 0 bridgehead atoms. The normalized spacial score (nSPS) is 19.3. The van der Waals surface area contributed by atoms with Gasteiger partial charge in [0.05, 0.1) is 18.1 Å². The quantitative estimate of drug-likeness (QED) is 0.888. The number of nitrogens with one attached hydrogen (secondary N) is 1. The van der Waals surface area contributed by atoms with E-state index in [1.54, 1.807) is 25.3 Å². The molecule has 3 rings (SSSR count). The highest BCUT2D eigenvalue weighted by atomic mass is 32.1. The van der Waals surface area contributed by atoms with Gasteiger partial charge in [-0.15, -0.1) is 11.3 Å². The van der Waals surface area contributed by atoms with E-state index in [1.165, 1.54) is 16.0 Å². The lowest BCUT2D eigenvalue weighted by Crippen LogP contribution is -2.41. The summed E-state index contributed by atoms with van der Waals surface area (Å²) in [7, 11) is 0. The molecule has 2 aromatic heterocycles. The van der Waals surface area contributed by atoms with Gasteiger partial charge in [0, 0.05) is 6.61 Å². The third-order valence-electron chi connectivity index (χ3n) is 4.06. The number of ether oxygens (including phenoxy) is 2. The van der Waals surface area contributed by atoms with Gasteiger partial charge in [-0.2, -0.15) is 0 Å². The molecule has 1 saturated heterocycles. The van der Waals surface area contributed by atoms with Crippen molar-refractivity contribution in [3.8, 4) is 0 Å². The Morgan fingerprint density at radius 1 is 1.58 bits per heavy atom. The largest absolute Gasteiger partial charge is 0.376 e. The van der Waals surface area contributed by atoms with Crippen molar-refractivity contribution in [3.05, 3.63) is 27.6 Å². The number of hydrogen-bond donors (Lipinski definition) is 1. The van der Waals surface area contributed by atoms with Gasteiger partial charge in [0.15, 0.2) is 0 Å². The minimum absolute atomic E-state index is 0.0438. The van der Waals surface area contributed by atoms with Gasteiger partial charge < -0.3 is 9.47 Å². The fraction of sp³-hybridized carbons (Fsp3) is 0.562. The van der Waals surface area contributed by atoms with E-state index in [0.29, 0.717) is 22.6 Å². The van der Waals surface area contributed by atoms with Crippen LogP contribution in [0.2, 0.25) is 0 Å². The first-order chi connectivity index (χ1) is 11.6. The van der Waals surface area contributed by atoms with Crippen molar-refractivity contribution in [2.45, 2.75) is 45.3 Å². The second-order valence-electron chi connectivity index (χ2n) is 5.88. The van der Waals surface area contributed by atoms with Gasteiger partial charge in [0.2, 0.25) is 0 Å². The Kier molecular flexibility index (Phi) is 5.27. The molecule has 2 unspecified atom stereocenters. The zero-order valence-electron chi connectivity index (χ0n) is 13.8. The number of carbonyl (C=O) groups excluding carboxylic acids is 1. The second-order valence-corrected chi connectivity index (χ2v) is 6.77. The number of aryl methyl sites for hydroxylation is 1. The Morgan fingerprint density at radius 3 is 3.17 bits per heavy atom. The Bertz CT molecular complexity index is 779. The standard InChI is InChI=1S/C16H21N3O4S/c1-10(23-9-12-5-3-4-7-22-12)14(20)18-19-11(2)17-15-13(16(19)21)6-8-24-15/h6,8,10,12H,3-5,7,9H2,1-2H3,(H,18,20). The summed E-state index contributed by atoms with van der Waals surface area (Å²) in [6.45, 7) is 4.47. The molecule has 1 aliphatic rings. The smallest absolute Gasteiger partial charge is 0.281 e. The van der Waals surface area contributed by atoms with Crippen LogP contribution in [0.25, 0.3) is 10.2 Å². The molecule has 1 fully saturated rings. The van der Waals surface area contributed by atoms with Crippen LogP contribution in [0.15, 0.2) is 16.2 Å². The number of rotatable bonds is 5. The van der Waals surface area contributed by atoms with Crippen LogP contribution >= 0.6 is 11.3 Å². The highest BCUT2D eigenvalue weighted by Crippen LogP contribution is 2.15. The van der Waals surface area contributed by atoms with E-state index in [2.05, 4.69) is 10.4 Å². The van der Waals surface area contributed by atoms with Crippen molar-refractivity contribution >= 4 is 27.5 Å². The van der Waals surface area contributed by atoms with Crippen LogP contribution in [0.3, 0.4) is 0 Å². The van der Waals surface area contributed by atoms with E-state index in [9.17, 15) is 9.59 Å². The van der Waals surface area contributed by atoms with Gasteiger partial charge in [0.1, 0.15) is 16.8 Å². The average molecular weight is 351 g/mol. The molecule has 0 spiro atoms. The number of thiophene rings is 1. The lowest BCUT2D eigenvalue weighted by Gasteiger charge is -2.24. The van der Waals surface area contributed by atoms with Crippen molar-refractivity contribution in [2.24, 2.45) is 0 Å². The van der Waals surface area contributed by atoms with Gasteiger partial charge in [-0.25, -0.2) is 9.66 Å². The van der Waals surface area contributed by atoms with Gasteiger partial charge in [-0.3, -0.25) is 15.0 Å². The number of aromatic nitrogens is 2. The maximum atomic E-state index is 12.4. The lowest BCUT2D eigenvalue weighted by molar-refractivity contribution is -0.131. The zero-order valence-corrected chi connectivity index (χ0v) is 14.6. The minimum atomic E-state index is -0.681. The van der Waals surface area contributed by atoms with Crippen molar-refractivity contribution in [3.63, 3.8) is 0 Å². The maximum absolute atomic E-state index is 12.4. The molecular weight excluding hydrogens is 330 g/mol. The predicted octanol–water partition coefficient (Wildman–Crippen LogP) is 1.81. The summed E-state index contributed by atoms with van der Waals surface area (Å²) in [5.41, 5.74) is 2.31. The summed E-state index contributed by atoms with van der Waals surface area (Å²) < 4.78 is 12.4. The Labute approximate surface area is 143 Å². The maximum Gasteiger partial charge on any atom is 0.281 e. The number of nitrogens with zero attached hydrogens (tertiary/aromatic N) is 2. The first-order valence-corrected chi connectivity index (χ1v) is 8.95. The molecule has 3 heterocycles. The number of fused-ring (bicyclic) bond motifs is 1. The van der Waals surface area contributed by atoms with E-state index in [4.69, 9.17) is 9.47 Å². The molecule has 1 aliphatic heterocycles. The van der Waals surface area contributed by atoms with Crippen molar-refractivity contribution < 1.29 is 14.3 Å². The molecule has 24 heavy (non-hydrogen) atoms. The minimum Gasteiger partial charge on any atom is -0.376 e. The van der Waals surface area contributed by atoms with Crippen LogP contribution < -0.4 is 11.0 Å². The number of carbonyl (C=O) groups is 1. The Balaban J connectivity index is 1.64. The van der Waals surface area contributed by atoms with Crippen LogP contribution in [0.5, 0.6) is 0 Å². The first-order valence-electron chi connectivity index (χ1n) is 8.07. The van der Waals surface area contributed by atoms with Crippen molar-refractivity contribution in [1.29, 1.82) is 0 Å². The molecule has 1 amide bonds. The Hall–Kier alpha value is -1.77. The van der Waals surface area contributed by atoms with Crippen LogP contribution in [0.4, 0.5) is 0 Å². The van der Waals surface area contributed by atoms with Gasteiger partial charge in [-0.05, 0) is 44.6 Å². The summed E-state index contributed by atoms with van der Waals surface area (Å²) in [6.07, 6.45) is 2.51. The SMILES string of the molecule is Cc1nc2sccc2c(=O)n1NC(=O)C(C)OCC1CCCCO1. The molecule has 7 nitrogen and oxygen atoms in total. The molecule has 2 aromatic rings. The average Bonchev–Trinajstić information content (AvgIpc) is 3.05. The molecule has 130 valence electrons.